The van der Waals surface area contributed by atoms with E-state index < -0.39 is 0 Å². The van der Waals surface area contributed by atoms with Crippen molar-refractivity contribution < 1.29 is 0 Å². The fraction of sp³-hybridized carbons (Fsp3) is 0.833. The van der Waals surface area contributed by atoms with Crippen LogP contribution in [-0.4, -0.2) is 9.55 Å². The van der Waals surface area contributed by atoms with Crippen molar-refractivity contribution in [3.8, 4) is 6.07 Å². The maximum Gasteiger partial charge on any atom is 0.119 e. The molecule has 0 aliphatic rings. The van der Waals surface area contributed by atoms with Crippen molar-refractivity contribution >= 4 is 0 Å². The van der Waals surface area contributed by atoms with Gasteiger partial charge in [-0.2, -0.15) is 5.26 Å². The van der Waals surface area contributed by atoms with Gasteiger partial charge in [0.1, 0.15) is 11.9 Å². The number of unbranched alkanes of at least 4 members (excludes halogenated alkanes) is 14. The summed E-state index contributed by atoms with van der Waals surface area (Å²) >= 11 is 0. The molecular formula is C24H43N3. The Labute approximate surface area is 168 Å². The van der Waals surface area contributed by atoms with E-state index in [0.29, 0.717) is 0 Å². The van der Waals surface area contributed by atoms with Gasteiger partial charge in [-0.15, -0.1) is 0 Å². The maximum absolute atomic E-state index is 9.13. The summed E-state index contributed by atoms with van der Waals surface area (Å²) in [5, 5.41) is 9.13. The molecule has 0 fully saturated rings. The number of hydrogen-bond acceptors (Lipinski definition) is 2. The first-order valence-corrected chi connectivity index (χ1v) is 11.6. The van der Waals surface area contributed by atoms with Gasteiger partial charge in [-0.1, -0.05) is 96.8 Å². The third kappa shape index (κ3) is 11.2. The van der Waals surface area contributed by atoms with Gasteiger partial charge in [0.05, 0.1) is 11.8 Å². The van der Waals surface area contributed by atoms with Gasteiger partial charge in [-0.3, -0.25) is 0 Å². The molecule has 1 unspecified atom stereocenters. The maximum atomic E-state index is 9.13. The number of nitriles is 1. The average Bonchev–Trinajstić information content (AvgIpc) is 3.04. The Morgan fingerprint density at radius 1 is 0.852 bits per heavy atom. The summed E-state index contributed by atoms with van der Waals surface area (Å²) in [6, 6.07) is 2.20. The van der Waals surface area contributed by atoms with Crippen molar-refractivity contribution in [3.05, 3.63) is 17.7 Å². The number of aryl methyl sites for hydroxylation is 2. The van der Waals surface area contributed by atoms with E-state index >= 15 is 0 Å². The molecule has 154 valence electrons. The van der Waals surface area contributed by atoms with Gasteiger partial charge in [-0.25, -0.2) is 4.98 Å². The highest BCUT2D eigenvalue weighted by Crippen LogP contribution is 2.16. The lowest BCUT2D eigenvalue weighted by Gasteiger charge is -2.09. The summed E-state index contributed by atoms with van der Waals surface area (Å²) in [4.78, 5) is 4.59. The third-order valence-corrected chi connectivity index (χ3v) is 5.54. The van der Waals surface area contributed by atoms with Gasteiger partial charge in [0.2, 0.25) is 0 Å². The predicted octanol–water partition coefficient (Wildman–Crippen LogP) is 7.69. The van der Waals surface area contributed by atoms with Crippen LogP contribution in [0.4, 0.5) is 0 Å². The number of rotatable bonds is 17. The molecule has 0 bridgehead atoms. The zero-order chi connectivity index (χ0) is 19.7. The minimum Gasteiger partial charge on any atom is -0.318 e. The molecule has 1 aromatic rings. The van der Waals surface area contributed by atoms with Crippen molar-refractivity contribution in [2.75, 3.05) is 0 Å². The second kappa shape index (κ2) is 15.7. The lowest BCUT2D eigenvalue weighted by atomic mass is 10.0. The zero-order valence-corrected chi connectivity index (χ0v) is 18.3. The fourth-order valence-electron chi connectivity index (χ4n) is 3.80. The molecule has 1 rings (SSSR count). The Morgan fingerprint density at radius 2 is 1.30 bits per heavy atom. The van der Waals surface area contributed by atoms with E-state index in [0.717, 1.165) is 17.9 Å². The van der Waals surface area contributed by atoms with E-state index in [1.54, 1.807) is 0 Å². The van der Waals surface area contributed by atoms with Crippen molar-refractivity contribution in [2.45, 2.75) is 130 Å². The summed E-state index contributed by atoms with van der Waals surface area (Å²) in [6.07, 6.45) is 23.9. The molecule has 0 aliphatic carbocycles. The van der Waals surface area contributed by atoms with Crippen LogP contribution < -0.4 is 0 Å². The summed E-state index contributed by atoms with van der Waals surface area (Å²) in [5.74, 6) is 1.08. The van der Waals surface area contributed by atoms with E-state index in [9.17, 15) is 0 Å². The van der Waals surface area contributed by atoms with Crippen LogP contribution in [0.3, 0.4) is 0 Å². The van der Waals surface area contributed by atoms with E-state index in [2.05, 4.69) is 18.0 Å². The number of nitrogens with zero attached hydrogens (tertiary/aromatic N) is 3. The fourth-order valence-corrected chi connectivity index (χ4v) is 3.80. The lowest BCUT2D eigenvalue weighted by molar-refractivity contribution is 0.529. The molecule has 3 nitrogen and oxygen atoms in total. The SMILES string of the molecule is CCCCCCCCCCCCCCCCCc1nc(C)cn1C(C)C#N. The standard InChI is InChI=1S/C24H43N3/c1-4-5-6-7-8-9-10-11-12-13-14-15-16-17-18-19-24-26-22(2)21-27(24)23(3)20-25/h21,23H,4-19H2,1-3H3. The minimum atomic E-state index is -0.113. The molecule has 0 amide bonds. The highest BCUT2D eigenvalue weighted by molar-refractivity contribution is 5.07. The number of hydrogen-bond donors (Lipinski definition) is 0. The summed E-state index contributed by atoms with van der Waals surface area (Å²) in [7, 11) is 0. The molecule has 0 N–H and O–H groups in total. The Morgan fingerprint density at radius 3 is 1.74 bits per heavy atom. The van der Waals surface area contributed by atoms with Crippen LogP contribution in [0.15, 0.2) is 6.20 Å². The monoisotopic (exact) mass is 373 g/mol. The molecule has 0 aromatic carbocycles. The van der Waals surface area contributed by atoms with Crippen LogP contribution in [0.25, 0.3) is 0 Å². The zero-order valence-electron chi connectivity index (χ0n) is 18.3. The molecule has 0 spiro atoms. The Bertz CT molecular complexity index is 512. The molecule has 27 heavy (non-hydrogen) atoms. The lowest BCUT2D eigenvalue weighted by Crippen LogP contribution is -2.06. The first-order valence-electron chi connectivity index (χ1n) is 11.6. The Balaban J connectivity index is 1.92. The molecule has 0 aliphatic heterocycles. The van der Waals surface area contributed by atoms with Crippen LogP contribution in [-0.2, 0) is 6.42 Å². The van der Waals surface area contributed by atoms with Crippen molar-refractivity contribution in [1.82, 2.24) is 9.55 Å². The molecule has 0 saturated carbocycles. The third-order valence-electron chi connectivity index (χ3n) is 5.54. The first kappa shape index (κ1) is 23.7. The summed E-state index contributed by atoms with van der Waals surface area (Å²) in [6.45, 7) is 6.24. The quantitative estimate of drug-likeness (QED) is 0.263. The van der Waals surface area contributed by atoms with Gasteiger partial charge in [-0.05, 0) is 20.3 Å². The van der Waals surface area contributed by atoms with Crippen molar-refractivity contribution in [2.24, 2.45) is 0 Å². The van der Waals surface area contributed by atoms with E-state index in [1.165, 1.54) is 96.3 Å². The van der Waals surface area contributed by atoms with Crippen LogP contribution in [0.5, 0.6) is 0 Å². The van der Waals surface area contributed by atoms with Gasteiger partial charge in [0.25, 0.3) is 0 Å². The Hall–Kier alpha value is -1.30. The molecule has 0 saturated heterocycles. The highest BCUT2D eigenvalue weighted by Gasteiger charge is 2.10. The minimum absolute atomic E-state index is 0.113. The molecular weight excluding hydrogens is 330 g/mol. The van der Waals surface area contributed by atoms with E-state index in [-0.39, 0.29) is 6.04 Å². The van der Waals surface area contributed by atoms with Crippen LogP contribution in [0.2, 0.25) is 0 Å². The smallest absolute Gasteiger partial charge is 0.119 e. The van der Waals surface area contributed by atoms with E-state index in [1.807, 2.05) is 24.6 Å². The topological polar surface area (TPSA) is 41.6 Å². The van der Waals surface area contributed by atoms with Crippen LogP contribution in [0, 0.1) is 18.3 Å². The predicted molar refractivity (Wildman–Crippen MR) is 116 cm³/mol. The molecule has 1 heterocycles. The van der Waals surface area contributed by atoms with Crippen molar-refractivity contribution in [3.63, 3.8) is 0 Å². The largest absolute Gasteiger partial charge is 0.318 e. The van der Waals surface area contributed by atoms with Crippen LogP contribution in [0.1, 0.15) is 128 Å². The second-order valence-corrected chi connectivity index (χ2v) is 8.21. The number of imidazole rings is 1. The molecule has 1 atom stereocenters. The van der Waals surface area contributed by atoms with Crippen LogP contribution >= 0.6 is 0 Å². The number of aromatic nitrogens is 2. The molecule has 3 heteroatoms. The average molecular weight is 374 g/mol. The summed E-state index contributed by atoms with van der Waals surface area (Å²) in [5.41, 5.74) is 1.02. The summed E-state index contributed by atoms with van der Waals surface area (Å²) < 4.78 is 2.04. The second-order valence-electron chi connectivity index (χ2n) is 8.21. The van der Waals surface area contributed by atoms with Gasteiger partial charge < -0.3 is 4.57 Å². The first-order chi connectivity index (χ1) is 13.2. The van der Waals surface area contributed by atoms with Crippen molar-refractivity contribution in [1.29, 1.82) is 5.26 Å². The highest BCUT2D eigenvalue weighted by atomic mass is 15.1. The Kier molecular flexibility index (Phi) is 13.8. The van der Waals surface area contributed by atoms with Gasteiger partial charge in [0, 0.05) is 12.6 Å². The van der Waals surface area contributed by atoms with Gasteiger partial charge in [0.15, 0.2) is 0 Å². The normalized spacial score (nSPS) is 12.2. The molecule has 1 aromatic heterocycles. The molecule has 0 radical (unpaired) electrons. The van der Waals surface area contributed by atoms with E-state index in [4.69, 9.17) is 5.26 Å². The van der Waals surface area contributed by atoms with Gasteiger partial charge >= 0.3 is 0 Å².